The molecule has 3 heterocycles. The number of aliphatic hydroxyl groups excluding tert-OH is 3. The topological polar surface area (TPSA) is 439 Å². The lowest BCUT2D eigenvalue weighted by Crippen LogP contribution is -2.47. The monoisotopic (exact) mass is 911 g/mol. The van der Waals surface area contributed by atoms with E-state index in [0.717, 1.165) is 29.0 Å². The SMILES string of the molecule is CC(C)(COP(=O)(O)OP(=O)(O)OC[C@H]1O[C@@H](n2cnc3c(N)ncnc32)[C@H](OP(=O)(O)O)[C@@H]1O)C(O)C(=O)NCCC(=O)NCCSCC(=O)N[C@@H](CO)C(N)=O. The zero-order valence-corrected chi connectivity index (χ0v) is 34.0. The number of phosphoric ester groups is 3. The molecule has 0 aromatic carbocycles. The van der Waals surface area contributed by atoms with Crippen molar-refractivity contribution in [2.45, 2.75) is 57.0 Å². The van der Waals surface area contributed by atoms with Gasteiger partial charge in [0.05, 0.1) is 31.9 Å². The van der Waals surface area contributed by atoms with Gasteiger partial charge in [-0.2, -0.15) is 16.1 Å². The zero-order chi connectivity index (χ0) is 43.6. The highest BCUT2D eigenvalue weighted by Crippen LogP contribution is 2.61. The minimum atomic E-state index is -5.56. The number of anilines is 1. The first-order chi connectivity index (χ1) is 26.9. The Bertz CT molecular complexity index is 1920. The molecule has 1 saturated heterocycles. The number of rotatable bonds is 24. The summed E-state index contributed by atoms with van der Waals surface area (Å²) in [5.41, 5.74) is 9.18. The fourth-order valence-corrected chi connectivity index (χ4v) is 8.25. The Labute approximate surface area is 332 Å². The van der Waals surface area contributed by atoms with Crippen molar-refractivity contribution in [1.82, 2.24) is 35.5 Å². The Hall–Kier alpha value is -3.21. The average Bonchev–Trinajstić information content (AvgIpc) is 3.68. The molecule has 3 rings (SSSR count). The Kier molecular flexibility index (Phi) is 17.7. The number of aliphatic hydroxyl groups is 3. The van der Waals surface area contributed by atoms with Crippen molar-refractivity contribution in [3.63, 3.8) is 0 Å². The van der Waals surface area contributed by atoms with Crippen LogP contribution in [-0.4, -0.2) is 153 Å². The van der Waals surface area contributed by atoms with Crippen LogP contribution in [0.15, 0.2) is 12.7 Å². The number of imidazole rings is 1. The van der Waals surface area contributed by atoms with E-state index in [9.17, 15) is 62.7 Å². The van der Waals surface area contributed by atoms with Crippen LogP contribution in [0.4, 0.5) is 5.82 Å². The van der Waals surface area contributed by atoms with Gasteiger partial charge < -0.3 is 67.0 Å². The summed E-state index contributed by atoms with van der Waals surface area (Å²) in [6.45, 7) is -0.334. The molecule has 328 valence electrons. The number of ether oxygens (including phenoxy) is 1. The molecule has 3 unspecified atom stereocenters. The quantitative estimate of drug-likeness (QED) is 0.0354. The van der Waals surface area contributed by atoms with E-state index < -0.39 is 109 Å². The van der Waals surface area contributed by atoms with Gasteiger partial charge in [0.15, 0.2) is 17.7 Å². The summed E-state index contributed by atoms with van der Waals surface area (Å²) >= 11 is 1.11. The number of amides is 4. The summed E-state index contributed by atoms with van der Waals surface area (Å²) in [7, 11) is -16.4. The minimum absolute atomic E-state index is 0.0124. The lowest BCUT2D eigenvalue weighted by molar-refractivity contribution is -0.137. The number of nitrogens with zero attached hydrogens (tertiary/aromatic N) is 4. The fraction of sp³-hybridized carbons (Fsp3) is 0.654. The van der Waals surface area contributed by atoms with Crippen LogP contribution < -0.4 is 27.4 Å². The molecule has 0 spiro atoms. The first kappa shape index (κ1) is 49.2. The average molecular weight is 912 g/mol. The summed E-state index contributed by atoms with van der Waals surface area (Å²) in [5, 5.41) is 37.4. The predicted molar refractivity (Wildman–Crippen MR) is 195 cm³/mol. The van der Waals surface area contributed by atoms with Crippen LogP contribution in [0.3, 0.4) is 0 Å². The Morgan fingerprint density at radius 2 is 1.71 bits per heavy atom. The molecule has 28 nitrogen and oxygen atoms in total. The van der Waals surface area contributed by atoms with Crippen molar-refractivity contribution in [1.29, 1.82) is 0 Å². The molecule has 2 aromatic rings. The maximum Gasteiger partial charge on any atom is 0.481 e. The predicted octanol–water partition coefficient (Wildman–Crippen LogP) is -3.90. The number of carbonyl (C=O) groups is 4. The molecule has 2 aromatic heterocycles. The summed E-state index contributed by atoms with van der Waals surface area (Å²) in [4.78, 5) is 98.3. The maximum absolute atomic E-state index is 12.6. The number of hydrogen-bond donors (Lipinski definition) is 12. The highest BCUT2D eigenvalue weighted by atomic mass is 32.2. The second kappa shape index (κ2) is 20.9. The number of nitrogens with two attached hydrogens (primary N) is 2. The number of fused-ring (bicyclic) bond motifs is 1. The van der Waals surface area contributed by atoms with Gasteiger partial charge in [-0.25, -0.2) is 28.6 Å². The molecule has 1 aliphatic heterocycles. The molecular formula is C26H44N9O19P3S. The van der Waals surface area contributed by atoms with Gasteiger partial charge in [0.2, 0.25) is 23.6 Å². The van der Waals surface area contributed by atoms with Crippen LogP contribution in [0.5, 0.6) is 0 Å². The first-order valence-electron chi connectivity index (χ1n) is 16.5. The number of hydrogen-bond acceptors (Lipinski definition) is 20. The second-order valence-corrected chi connectivity index (χ2v) is 18.2. The van der Waals surface area contributed by atoms with Crippen LogP contribution in [0.1, 0.15) is 26.5 Å². The lowest BCUT2D eigenvalue weighted by atomic mass is 9.87. The second-order valence-electron chi connectivity index (χ2n) is 12.8. The number of nitrogens with one attached hydrogen (secondary N) is 3. The van der Waals surface area contributed by atoms with Crippen LogP contribution in [0, 0.1) is 5.41 Å². The van der Waals surface area contributed by atoms with Gasteiger partial charge in [-0.1, -0.05) is 13.8 Å². The third-order valence-corrected chi connectivity index (χ3v) is 11.8. The lowest BCUT2D eigenvalue weighted by Gasteiger charge is -2.30. The standard InChI is InChI=1S/C26H44N9O19P3S/c1-26(2,20(40)24(42)30-4-3-15(37)29-5-6-58-9-16(38)34-13(7-36)22(28)41)10-51-57(48,49)54-56(46,47)50-8-14-18(39)19(53-55(43,44)45)25(52-14)35-12-33-17-21(27)31-11-32-23(17)35/h11-14,18-20,25,36,39-40H,3-10H2,1-2H3,(H2,28,41)(H,29,37)(H,30,42)(H,34,38)(H,46,47)(H,48,49)(H2,27,31,32)(H2,43,44,45)/t13-,14+,18+,19+,20?,25+/m0/s1. The van der Waals surface area contributed by atoms with E-state index in [2.05, 4.69) is 35.2 Å². The third kappa shape index (κ3) is 14.8. The van der Waals surface area contributed by atoms with Crippen molar-refractivity contribution in [2.75, 3.05) is 50.1 Å². The van der Waals surface area contributed by atoms with Gasteiger partial charge in [-0.3, -0.25) is 37.3 Å². The first-order valence-corrected chi connectivity index (χ1v) is 22.2. The van der Waals surface area contributed by atoms with Gasteiger partial charge in [0, 0.05) is 30.7 Å². The smallest absolute Gasteiger partial charge is 0.394 e. The molecule has 1 fully saturated rings. The fourth-order valence-electron chi connectivity index (χ4n) is 4.79. The molecule has 0 radical (unpaired) electrons. The van der Waals surface area contributed by atoms with Gasteiger partial charge in [-0.15, -0.1) is 0 Å². The summed E-state index contributed by atoms with van der Waals surface area (Å²) in [5.74, 6) is -2.83. The Balaban J connectivity index is 1.45. The van der Waals surface area contributed by atoms with Gasteiger partial charge in [-0.05, 0) is 0 Å². The van der Waals surface area contributed by atoms with E-state index in [1.54, 1.807) is 0 Å². The van der Waals surface area contributed by atoms with E-state index in [0.29, 0.717) is 5.75 Å². The van der Waals surface area contributed by atoms with Gasteiger partial charge >= 0.3 is 23.5 Å². The molecule has 1 aliphatic rings. The number of aromatic nitrogens is 4. The molecule has 0 aliphatic carbocycles. The van der Waals surface area contributed by atoms with Crippen molar-refractivity contribution in [3.05, 3.63) is 12.7 Å². The molecule has 8 atom stereocenters. The van der Waals surface area contributed by atoms with E-state index >= 15 is 0 Å². The highest BCUT2D eigenvalue weighted by Gasteiger charge is 2.50. The van der Waals surface area contributed by atoms with Gasteiger partial charge in [0.25, 0.3) is 0 Å². The van der Waals surface area contributed by atoms with E-state index in [4.69, 9.17) is 34.9 Å². The van der Waals surface area contributed by atoms with Crippen molar-refractivity contribution < 1.29 is 90.4 Å². The molecule has 14 N–H and O–H groups in total. The number of primary amides is 1. The number of phosphoric acid groups is 3. The van der Waals surface area contributed by atoms with Crippen molar-refractivity contribution >= 4 is 75.8 Å². The van der Waals surface area contributed by atoms with E-state index in [1.165, 1.54) is 13.8 Å². The number of carbonyl (C=O) groups excluding carboxylic acids is 4. The minimum Gasteiger partial charge on any atom is -0.394 e. The van der Waals surface area contributed by atoms with Crippen LogP contribution >= 0.6 is 35.2 Å². The maximum atomic E-state index is 12.6. The summed E-state index contributed by atoms with van der Waals surface area (Å²) < 4.78 is 62.0. The number of nitrogen functional groups attached to an aromatic ring is 1. The van der Waals surface area contributed by atoms with Gasteiger partial charge in [0.1, 0.15) is 42.3 Å². The molecule has 58 heavy (non-hydrogen) atoms. The summed E-state index contributed by atoms with van der Waals surface area (Å²) in [6.07, 6.45) is -7.13. The van der Waals surface area contributed by atoms with Crippen LogP contribution in [0.2, 0.25) is 0 Å². The molecule has 4 amide bonds. The van der Waals surface area contributed by atoms with Crippen LogP contribution in [-0.2, 0) is 55.5 Å². The van der Waals surface area contributed by atoms with Crippen molar-refractivity contribution in [3.8, 4) is 0 Å². The number of thioether (sulfide) groups is 1. The molecule has 0 bridgehead atoms. The van der Waals surface area contributed by atoms with Crippen LogP contribution in [0.25, 0.3) is 11.2 Å². The zero-order valence-electron chi connectivity index (χ0n) is 30.5. The van der Waals surface area contributed by atoms with E-state index in [-0.39, 0.29) is 42.2 Å². The third-order valence-electron chi connectivity index (χ3n) is 7.74. The largest absolute Gasteiger partial charge is 0.481 e. The summed E-state index contributed by atoms with van der Waals surface area (Å²) in [6, 6.07) is -1.22. The molecule has 0 saturated carbocycles. The van der Waals surface area contributed by atoms with Crippen molar-refractivity contribution in [2.24, 2.45) is 11.1 Å². The molecule has 32 heteroatoms. The normalized spacial score (nSPS) is 21.7. The Morgan fingerprint density at radius 1 is 1.03 bits per heavy atom. The van der Waals surface area contributed by atoms with E-state index in [1.807, 2.05) is 0 Å². The Morgan fingerprint density at radius 3 is 2.34 bits per heavy atom. The molecular weight excluding hydrogens is 867 g/mol. The highest BCUT2D eigenvalue weighted by molar-refractivity contribution is 7.99.